The summed E-state index contributed by atoms with van der Waals surface area (Å²) in [6.07, 6.45) is 4.18. The lowest BCUT2D eigenvalue weighted by atomic mass is 9.98. The van der Waals surface area contributed by atoms with Gasteiger partial charge in [-0.25, -0.2) is 0 Å². The van der Waals surface area contributed by atoms with Crippen molar-refractivity contribution in [1.29, 1.82) is 0 Å². The van der Waals surface area contributed by atoms with E-state index in [1.807, 2.05) is 11.9 Å². The average molecular weight is 226 g/mol. The SMILES string of the molecule is CN(C(=O)C1CCCOC1)C1CCNCC1. The van der Waals surface area contributed by atoms with Crippen LogP contribution in [0.4, 0.5) is 0 Å². The molecule has 0 aromatic rings. The number of carbonyl (C=O) groups excluding carboxylic acids is 1. The Bertz CT molecular complexity index is 233. The van der Waals surface area contributed by atoms with Gasteiger partial charge in [-0.05, 0) is 38.8 Å². The first-order valence-electron chi connectivity index (χ1n) is 6.34. The summed E-state index contributed by atoms with van der Waals surface area (Å²) < 4.78 is 5.38. The molecule has 2 heterocycles. The normalized spacial score (nSPS) is 27.7. The van der Waals surface area contributed by atoms with Gasteiger partial charge in [0.2, 0.25) is 5.91 Å². The van der Waals surface area contributed by atoms with Crippen molar-refractivity contribution in [3.63, 3.8) is 0 Å². The highest BCUT2D eigenvalue weighted by molar-refractivity contribution is 5.79. The molecule has 0 bridgehead atoms. The van der Waals surface area contributed by atoms with Crippen LogP contribution in [0.25, 0.3) is 0 Å². The largest absolute Gasteiger partial charge is 0.381 e. The Labute approximate surface area is 97.3 Å². The second-order valence-electron chi connectivity index (χ2n) is 4.84. The van der Waals surface area contributed by atoms with E-state index in [4.69, 9.17) is 4.74 Å². The van der Waals surface area contributed by atoms with E-state index in [1.165, 1.54) is 0 Å². The predicted octanol–water partition coefficient (Wildman–Crippen LogP) is 0.623. The number of hydrogen-bond donors (Lipinski definition) is 1. The molecular weight excluding hydrogens is 204 g/mol. The second-order valence-corrected chi connectivity index (χ2v) is 4.84. The first kappa shape index (κ1) is 11.9. The molecule has 0 aliphatic carbocycles. The Balaban J connectivity index is 1.86. The Morgan fingerprint density at radius 3 is 2.69 bits per heavy atom. The summed E-state index contributed by atoms with van der Waals surface area (Å²) in [4.78, 5) is 14.2. The highest BCUT2D eigenvalue weighted by Crippen LogP contribution is 2.19. The van der Waals surface area contributed by atoms with E-state index in [9.17, 15) is 4.79 Å². The van der Waals surface area contributed by atoms with Crippen molar-refractivity contribution in [2.24, 2.45) is 5.92 Å². The van der Waals surface area contributed by atoms with Crippen molar-refractivity contribution < 1.29 is 9.53 Å². The molecule has 2 rings (SSSR count). The molecule has 0 aromatic heterocycles. The van der Waals surface area contributed by atoms with Crippen LogP contribution in [0.15, 0.2) is 0 Å². The maximum absolute atomic E-state index is 12.2. The minimum absolute atomic E-state index is 0.105. The van der Waals surface area contributed by atoms with Gasteiger partial charge in [-0.1, -0.05) is 0 Å². The molecule has 4 nitrogen and oxygen atoms in total. The number of amides is 1. The standard InChI is InChI=1S/C12H22N2O2/c1-14(11-4-6-13-7-5-11)12(15)10-3-2-8-16-9-10/h10-11,13H,2-9H2,1H3. The zero-order valence-electron chi connectivity index (χ0n) is 10.1. The molecule has 0 radical (unpaired) electrons. The third-order valence-corrected chi connectivity index (χ3v) is 3.71. The molecule has 92 valence electrons. The number of nitrogens with one attached hydrogen (secondary N) is 1. The molecular formula is C12H22N2O2. The summed E-state index contributed by atoms with van der Waals surface area (Å²) in [5.41, 5.74) is 0. The summed E-state index contributed by atoms with van der Waals surface area (Å²) >= 11 is 0. The molecule has 16 heavy (non-hydrogen) atoms. The average Bonchev–Trinajstić information content (AvgIpc) is 2.39. The minimum atomic E-state index is 0.105. The third kappa shape index (κ3) is 2.74. The summed E-state index contributed by atoms with van der Waals surface area (Å²) in [6.45, 7) is 3.50. The van der Waals surface area contributed by atoms with E-state index < -0.39 is 0 Å². The highest BCUT2D eigenvalue weighted by Gasteiger charge is 2.29. The minimum Gasteiger partial charge on any atom is -0.381 e. The Hall–Kier alpha value is -0.610. The third-order valence-electron chi connectivity index (χ3n) is 3.71. The quantitative estimate of drug-likeness (QED) is 0.750. The van der Waals surface area contributed by atoms with E-state index in [1.54, 1.807) is 0 Å². The zero-order valence-corrected chi connectivity index (χ0v) is 10.1. The van der Waals surface area contributed by atoms with Crippen molar-refractivity contribution in [2.45, 2.75) is 31.7 Å². The number of ether oxygens (including phenoxy) is 1. The molecule has 4 heteroatoms. The molecule has 1 amide bonds. The molecule has 2 aliphatic rings. The summed E-state index contributed by atoms with van der Waals surface area (Å²) in [7, 11) is 1.95. The summed E-state index contributed by atoms with van der Waals surface area (Å²) in [5, 5.41) is 3.33. The first-order chi connectivity index (χ1) is 7.79. The Kier molecular flexibility index (Phi) is 4.18. The van der Waals surface area contributed by atoms with Crippen LogP contribution in [0, 0.1) is 5.92 Å². The molecule has 0 spiro atoms. The van der Waals surface area contributed by atoms with Crippen molar-refractivity contribution in [3.8, 4) is 0 Å². The van der Waals surface area contributed by atoms with Gasteiger partial charge < -0.3 is 15.0 Å². The van der Waals surface area contributed by atoms with Crippen LogP contribution < -0.4 is 5.32 Å². The number of nitrogens with zero attached hydrogens (tertiary/aromatic N) is 1. The summed E-state index contributed by atoms with van der Waals surface area (Å²) in [5.74, 6) is 0.389. The van der Waals surface area contributed by atoms with Gasteiger partial charge >= 0.3 is 0 Å². The lowest BCUT2D eigenvalue weighted by Gasteiger charge is -2.34. The van der Waals surface area contributed by atoms with Gasteiger partial charge in [-0.3, -0.25) is 4.79 Å². The second kappa shape index (κ2) is 5.64. The molecule has 1 N–H and O–H groups in total. The first-order valence-corrected chi connectivity index (χ1v) is 6.34. The molecule has 2 saturated heterocycles. The summed E-state index contributed by atoms with van der Waals surface area (Å²) in [6, 6.07) is 0.427. The van der Waals surface area contributed by atoms with Gasteiger partial charge in [0, 0.05) is 19.7 Å². The lowest BCUT2D eigenvalue weighted by molar-refractivity contribution is -0.141. The van der Waals surface area contributed by atoms with Crippen LogP contribution in [0.2, 0.25) is 0 Å². The van der Waals surface area contributed by atoms with Gasteiger partial charge in [-0.15, -0.1) is 0 Å². The lowest BCUT2D eigenvalue weighted by Crippen LogP contribution is -2.47. The maximum Gasteiger partial charge on any atom is 0.228 e. The van der Waals surface area contributed by atoms with Crippen molar-refractivity contribution >= 4 is 5.91 Å². The van der Waals surface area contributed by atoms with E-state index in [0.717, 1.165) is 45.4 Å². The molecule has 1 unspecified atom stereocenters. The molecule has 1 atom stereocenters. The van der Waals surface area contributed by atoms with Crippen LogP contribution in [-0.2, 0) is 9.53 Å². The number of hydrogen-bond acceptors (Lipinski definition) is 3. The smallest absolute Gasteiger partial charge is 0.228 e. The van der Waals surface area contributed by atoms with E-state index >= 15 is 0 Å². The van der Waals surface area contributed by atoms with E-state index in [2.05, 4.69) is 5.32 Å². The van der Waals surface area contributed by atoms with Gasteiger partial charge in [0.25, 0.3) is 0 Å². The molecule has 0 aromatic carbocycles. The van der Waals surface area contributed by atoms with Crippen LogP contribution in [-0.4, -0.2) is 50.2 Å². The van der Waals surface area contributed by atoms with Crippen LogP contribution in [0.1, 0.15) is 25.7 Å². The molecule has 0 saturated carbocycles. The van der Waals surface area contributed by atoms with E-state index in [0.29, 0.717) is 12.6 Å². The Morgan fingerprint density at radius 1 is 1.31 bits per heavy atom. The monoisotopic (exact) mass is 226 g/mol. The van der Waals surface area contributed by atoms with Crippen molar-refractivity contribution in [1.82, 2.24) is 10.2 Å². The van der Waals surface area contributed by atoms with Crippen LogP contribution in [0.5, 0.6) is 0 Å². The zero-order chi connectivity index (χ0) is 11.4. The fraction of sp³-hybridized carbons (Fsp3) is 0.917. The van der Waals surface area contributed by atoms with Crippen molar-refractivity contribution in [3.05, 3.63) is 0 Å². The van der Waals surface area contributed by atoms with Gasteiger partial charge in [0.15, 0.2) is 0 Å². The van der Waals surface area contributed by atoms with Crippen LogP contribution in [0.3, 0.4) is 0 Å². The highest BCUT2D eigenvalue weighted by atomic mass is 16.5. The molecule has 2 aliphatic heterocycles. The maximum atomic E-state index is 12.2. The predicted molar refractivity (Wildman–Crippen MR) is 62.2 cm³/mol. The molecule has 2 fully saturated rings. The van der Waals surface area contributed by atoms with Gasteiger partial charge in [0.1, 0.15) is 0 Å². The number of piperidine rings is 1. The van der Waals surface area contributed by atoms with Gasteiger partial charge in [-0.2, -0.15) is 0 Å². The number of rotatable bonds is 2. The van der Waals surface area contributed by atoms with Crippen molar-refractivity contribution in [2.75, 3.05) is 33.4 Å². The van der Waals surface area contributed by atoms with Crippen LogP contribution >= 0.6 is 0 Å². The fourth-order valence-corrected chi connectivity index (χ4v) is 2.60. The topological polar surface area (TPSA) is 41.6 Å². The van der Waals surface area contributed by atoms with E-state index in [-0.39, 0.29) is 11.8 Å². The number of carbonyl (C=O) groups is 1. The van der Waals surface area contributed by atoms with Gasteiger partial charge in [0.05, 0.1) is 12.5 Å². The fourth-order valence-electron chi connectivity index (χ4n) is 2.60. The Morgan fingerprint density at radius 2 is 2.06 bits per heavy atom.